The summed E-state index contributed by atoms with van der Waals surface area (Å²) in [6.07, 6.45) is -4.86. The van der Waals surface area contributed by atoms with Crippen LogP contribution in [0.25, 0.3) is 0 Å². The highest BCUT2D eigenvalue weighted by molar-refractivity contribution is 6.31. The van der Waals surface area contributed by atoms with E-state index in [2.05, 4.69) is 4.74 Å². The molecule has 0 aliphatic rings. The van der Waals surface area contributed by atoms with Gasteiger partial charge in [0.15, 0.2) is 0 Å². The van der Waals surface area contributed by atoms with Gasteiger partial charge in [-0.25, -0.2) is 5.84 Å². The number of nitrogens with zero attached hydrogens (tertiary/aromatic N) is 1. The van der Waals surface area contributed by atoms with Gasteiger partial charge in [0.25, 0.3) is 5.91 Å². The summed E-state index contributed by atoms with van der Waals surface area (Å²) < 4.78 is 40.2. The number of halogens is 4. The Morgan fingerprint density at radius 3 is 2.25 bits per heavy atom. The number of alkyl halides is 3. The number of carbonyl (C=O) groups is 1. The van der Waals surface area contributed by atoms with Gasteiger partial charge in [-0.05, 0) is 39.0 Å². The lowest BCUT2D eigenvalue weighted by Gasteiger charge is -2.31. The molecular formula is C12H14ClF3N2O2. The van der Waals surface area contributed by atoms with Crippen molar-refractivity contribution < 1.29 is 22.7 Å². The van der Waals surface area contributed by atoms with Gasteiger partial charge in [-0.15, -0.1) is 13.2 Å². The summed E-state index contributed by atoms with van der Waals surface area (Å²) >= 11 is 5.68. The average molecular weight is 311 g/mol. The maximum absolute atomic E-state index is 12.2. The van der Waals surface area contributed by atoms with Crippen LogP contribution in [0.1, 0.15) is 31.1 Å². The van der Waals surface area contributed by atoms with Gasteiger partial charge in [-0.3, -0.25) is 9.80 Å². The van der Waals surface area contributed by atoms with Gasteiger partial charge in [0.05, 0.1) is 5.54 Å². The third-order valence-electron chi connectivity index (χ3n) is 2.29. The number of ether oxygens (including phenoxy) is 1. The first-order chi connectivity index (χ1) is 8.90. The van der Waals surface area contributed by atoms with Crippen LogP contribution in [-0.4, -0.2) is 22.8 Å². The molecule has 1 rings (SSSR count). The van der Waals surface area contributed by atoms with Gasteiger partial charge in [0.1, 0.15) is 5.75 Å². The molecule has 8 heteroatoms. The Morgan fingerprint density at radius 1 is 1.25 bits per heavy atom. The SMILES string of the molecule is CC(C)(C)N(N)C(=O)c1cc(Cl)cc(OC(F)(F)F)c1. The zero-order valence-corrected chi connectivity index (χ0v) is 11.8. The van der Waals surface area contributed by atoms with Crippen molar-refractivity contribution in [3.05, 3.63) is 28.8 Å². The Hall–Kier alpha value is -1.47. The highest BCUT2D eigenvalue weighted by atomic mass is 35.5. The minimum Gasteiger partial charge on any atom is -0.406 e. The van der Waals surface area contributed by atoms with E-state index in [-0.39, 0.29) is 10.6 Å². The maximum Gasteiger partial charge on any atom is 0.573 e. The topological polar surface area (TPSA) is 55.6 Å². The molecule has 2 N–H and O–H groups in total. The predicted octanol–water partition coefficient (Wildman–Crippen LogP) is 3.35. The van der Waals surface area contributed by atoms with Gasteiger partial charge in [-0.1, -0.05) is 11.6 Å². The molecular weight excluding hydrogens is 297 g/mol. The zero-order chi connectivity index (χ0) is 15.7. The molecule has 0 saturated carbocycles. The number of hydrogen-bond donors (Lipinski definition) is 1. The van der Waals surface area contributed by atoms with E-state index in [1.807, 2.05) is 0 Å². The molecule has 112 valence electrons. The van der Waals surface area contributed by atoms with Crippen molar-refractivity contribution in [1.29, 1.82) is 0 Å². The summed E-state index contributed by atoms with van der Waals surface area (Å²) in [5.74, 6) is 4.40. The van der Waals surface area contributed by atoms with E-state index in [1.54, 1.807) is 20.8 Å². The molecule has 0 heterocycles. The molecule has 0 radical (unpaired) electrons. The summed E-state index contributed by atoms with van der Waals surface area (Å²) in [6.45, 7) is 5.05. The fraction of sp³-hybridized carbons (Fsp3) is 0.417. The lowest BCUT2D eigenvalue weighted by atomic mass is 10.1. The van der Waals surface area contributed by atoms with Gasteiger partial charge < -0.3 is 4.74 Å². The molecule has 0 unspecified atom stereocenters. The highest BCUT2D eigenvalue weighted by Gasteiger charge is 2.32. The second-order valence-electron chi connectivity index (χ2n) is 5.07. The smallest absolute Gasteiger partial charge is 0.406 e. The Bertz CT molecular complexity index is 512. The fourth-order valence-corrected chi connectivity index (χ4v) is 1.55. The number of carbonyl (C=O) groups excluding carboxylic acids is 1. The van der Waals surface area contributed by atoms with Crippen LogP contribution >= 0.6 is 11.6 Å². The first kappa shape index (κ1) is 16.6. The highest BCUT2D eigenvalue weighted by Crippen LogP contribution is 2.28. The van der Waals surface area contributed by atoms with E-state index < -0.39 is 23.6 Å². The molecule has 0 spiro atoms. The van der Waals surface area contributed by atoms with E-state index in [1.165, 1.54) is 6.07 Å². The van der Waals surface area contributed by atoms with E-state index >= 15 is 0 Å². The summed E-state index contributed by atoms with van der Waals surface area (Å²) in [7, 11) is 0. The zero-order valence-electron chi connectivity index (χ0n) is 11.1. The van der Waals surface area contributed by atoms with Crippen LogP contribution in [0.2, 0.25) is 5.02 Å². The van der Waals surface area contributed by atoms with Crippen molar-refractivity contribution in [2.45, 2.75) is 32.7 Å². The van der Waals surface area contributed by atoms with Crippen LogP contribution in [-0.2, 0) is 0 Å². The van der Waals surface area contributed by atoms with Crippen molar-refractivity contribution >= 4 is 17.5 Å². The van der Waals surface area contributed by atoms with Crippen LogP contribution in [0.4, 0.5) is 13.2 Å². The molecule has 0 saturated heterocycles. The fourth-order valence-electron chi connectivity index (χ4n) is 1.32. The number of nitrogens with two attached hydrogens (primary N) is 1. The van der Waals surface area contributed by atoms with Crippen molar-refractivity contribution in [3.63, 3.8) is 0 Å². The van der Waals surface area contributed by atoms with Crippen molar-refractivity contribution in [1.82, 2.24) is 5.01 Å². The van der Waals surface area contributed by atoms with E-state index in [0.717, 1.165) is 17.1 Å². The normalized spacial score (nSPS) is 12.2. The van der Waals surface area contributed by atoms with Crippen molar-refractivity contribution in [2.75, 3.05) is 0 Å². The third-order valence-corrected chi connectivity index (χ3v) is 2.51. The lowest BCUT2D eigenvalue weighted by molar-refractivity contribution is -0.274. The molecule has 0 aliphatic carbocycles. The second-order valence-corrected chi connectivity index (χ2v) is 5.51. The molecule has 1 amide bonds. The summed E-state index contributed by atoms with van der Waals surface area (Å²) in [5.41, 5.74) is -0.779. The number of hydrazine groups is 1. The van der Waals surface area contributed by atoms with Crippen LogP contribution in [0.15, 0.2) is 18.2 Å². The largest absolute Gasteiger partial charge is 0.573 e. The maximum atomic E-state index is 12.2. The Labute approximate surface area is 119 Å². The molecule has 0 fully saturated rings. The molecule has 4 nitrogen and oxygen atoms in total. The standard InChI is InChI=1S/C12H14ClF3N2O2/c1-11(2,3)18(17)10(19)7-4-8(13)6-9(5-7)20-12(14,15)16/h4-6H,17H2,1-3H3. The van der Waals surface area contributed by atoms with E-state index in [4.69, 9.17) is 17.4 Å². The summed E-state index contributed by atoms with van der Waals surface area (Å²) in [4.78, 5) is 12.1. The van der Waals surface area contributed by atoms with Gasteiger partial charge in [0, 0.05) is 10.6 Å². The molecule has 0 atom stereocenters. The van der Waals surface area contributed by atoms with Gasteiger partial charge in [0.2, 0.25) is 0 Å². The molecule has 0 aromatic heterocycles. The number of hydrogen-bond acceptors (Lipinski definition) is 3. The monoisotopic (exact) mass is 310 g/mol. The van der Waals surface area contributed by atoms with Crippen LogP contribution in [0.3, 0.4) is 0 Å². The molecule has 0 bridgehead atoms. The predicted molar refractivity (Wildman–Crippen MR) is 68.2 cm³/mol. The van der Waals surface area contributed by atoms with Crippen molar-refractivity contribution in [3.8, 4) is 5.75 Å². The quantitative estimate of drug-likeness (QED) is 0.518. The van der Waals surface area contributed by atoms with E-state index in [9.17, 15) is 18.0 Å². The Balaban J connectivity index is 3.11. The summed E-state index contributed by atoms with van der Waals surface area (Å²) in [5, 5.41) is 0.855. The number of rotatable bonds is 2. The average Bonchev–Trinajstić information content (AvgIpc) is 2.22. The minimum atomic E-state index is -4.86. The van der Waals surface area contributed by atoms with Gasteiger partial charge >= 0.3 is 6.36 Å². The van der Waals surface area contributed by atoms with Crippen LogP contribution in [0.5, 0.6) is 5.75 Å². The van der Waals surface area contributed by atoms with Crippen LogP contribution < -0.4 is 10.6 Å². The van der Waals surface area contributed by atoms with Gasteiger partial charge in [-0.2, -0.15) is 0 Å². The number of amides is 1. The molecule has 0 aliphatic heterocycles. The first-order valence-electron chi connectivity index (χ1n) is 5.56. The molecule has 1 aromatic rings. The summed E-state index contributed by atoms with van der Waals surface area (Å²) in [6, 6.07) is 3.12. The Morgan fingerprint density at radius 2 is 1.80 bits per heavy atom. The first-order valence-corrected chi connectivity index (χ1v) is 5.93. The lowest BCUT2D eigenvalue weighted by Crippen LogP contribution is -2.50. The second kappa shape index (κ2) is 5.49. The molecule has 20 heavy (non-hydrogen) atoms. The van der Waals surface area contributed by atoms with E-state index in [0.29, 0.717) is 0 Å². The van der Waals surface area contributed by atoms with Crippen LogP contribution in [0, 0.1) is 0 Å². The molecule has 1 aromatic carbocycles. The Kier molecular flexibility index (Phi) is 4.55. The third kappa shape index (κ3) is 4.57. The number of benzene rings is 1. The minimum absolute atomic E-state index is 0.0580. The van der Waals surface area contributed by atoms with Crippen molar-refractivity contribution in [2.24, 2.45) is 5.84 Å².